The van der Waals surface area contributed by atoms with Crippen molar-refractivity contribution >= 4 is 46.2 Å². The van der Waals surface area contributed by atoms with Gasteiger partial charge in [0, 0.05) is 36.8 Å². The van der Waals surface area contributed by atoms with E-state index in [1.807, 2.05) is 28.9 Å². The largest absolute Gasteiger partial charge is 0.496 e. The predicted molar refractivity (Wildman–Crippen MR) is 137 cm³/mol. The molecule has 0 unspecified atom stereocenters. The second kappa shape index (κ2) is 10.3. The van der Waals surface area contributed by atoms with Crippen molar-refractivity contribution in [2.45, 2.75) is 6.92 Å². The van der Waals surface area contributed by atoms with Crippen molar-refractivity contribution in [3.63, 3.8) is 0 Å². The summed E-state index contributed by atoms with van der Waals surface area (Å²) in [6.45, 7) is 3.90. The van der Waals surface area contributed by atoms with Crippen LogP contribution in [0.3, 0.4) is 0 Å². The number of amides is 1. The number of nitro benzene ring substituents is 1. The summed E-state index contributed by atoms with van der Waals surface area (Å²) < 4.78 is 10.8. The first kappa shape index (κ1) is 24.5. The first-order valence-corrected chi connectivity index (χ1v) is 11.6. The fraction of sp³-hybridized carbons (Fsp3) is 0.250. The van der Waals surface area contributed by atoms with Crippen LogP contribution in [-0.4, -0.2) is 54.1 Å². The average Bonchev–Trinajstić information content (AvgIpc) is 3.36. The molecule has 1 amide bonds. The second-order valence-corrected chi connectivity index (χ2v) is 8.77. The molecule has 2 heterocycles. The van der Waals surface area contributed by atoms with E-state index < -0.39 is 10.8 Å². The van der Waals surface area contributed by atoms with Gasteiger partial charge in [-0.2, -0.15) is 0 Å². The summed E-state index contributed by atoms with van der Waals surface area (Å²) in [4.78, 5) is 27.6. The van der Waals surface area contributed by atoms with E-state index >= 15 is 0 Å². The molecule has 4 rings (SSSR count). The molecule has 0 atom stereocenters. The SMILES string of the molecule is COc1ccc(N2CCN(C(=S)NC(=O)c3ccc(-c4ccc(C)c(Cl)c4)o3)CC2)c([N+](=O)[O-])c1. The van der Waals surface area contributed by atoms with Crippen LogP contribution in [0.15, 0.2) is 52.9 Å². The number of carbonyl (C=O) groups excluding carboxylic acids is 1. The topological polar surface area (TPSA) is 101 Å². The van der Waals surface area contributed by atoms with Crippen molar-refractivity contribution in [1.82, 2.24) is 10.2 Å². The zero-order valence-corrected chi connectivity index (χ0v) is 20.7. The molecular weight excluding hydrogens is 492 g/mol. The first-order valence-electron chi connectivity index (χ1n) is 10.8. The van der Waals surface area contributed by atoms with Gasteiger partial charge in [0.05, 0.1) is 18.1 Å². The highest BCUT2D eigenvalue weighted by molar-refractivity contribution is 7.80. The quantitative estimate of drug-likeness (QED) is 0.298. The smallest absolute Gasteiger partial charge is 0.296 e. The van der Waals surface area contributed by atoms with Crippen LogP contribution in [0.5, 0.6) is 5.75 Å². The number of nitrogens with one attached hydrogen (secondary N) is 1. The van der Waals surface area contributed by atoms with Gasteiger partial charge < -0.3 is 19.0 Å². The lowest BCUT2D eigenvalue weighted by molar-refractivity contribution is -0.384. The van der Waals surface area contributed by atoms with Gasteiger partial charge in [0.15, 0.2) is 10.9 Å². The monoisotopic (exact) mass is 514 g/mol. The van der Waals surface area contributed by atoms with Crippen LogP contribution in [0.1, 0.15) is 16.1 Å². The van der Waals surface area contributed by atoms with Gasteiger partial charge in [-0.1, -0.05) is 23.7 Å². The third-order valence-electron chi connectivity index (χ3n) is 5.79. The molecule has 1 N–H and O–H groups in total. The lowest BCUT2D eigenvalue weighted by atomic mass is 10.1. The number of aryl methyl sites for hydroxylation is 1. The molecule has 0 radical (unpaired) electrons. The zero-order valence-electron chi connectivity index (χ0n) is 19.1. The van der Waals surface area contributed by atoms with Crippen LogP contribution in [-0.2, 0) is 0 Å². The molecule has 1 fully saturated rings. The Morgan fingerprint density at radius 3 is 2.54 bits per heavy atom. The summed E-state index contributed by atoms with van der Waals surface area (Å²) in [6.07, 6.45) is 0. The van der Waals surface area contributed by atoms with Crippen molar-refractivity contribution in [1.29, 1.82) is 0 Å². The molecule has 35 heavy (non-hydrogen) atoms. The highest BCUT2D eigenvalue weighted by Gasteiger charge is 2.26. The molecule has 0 saturated carbocycles. The minimum absolute atomic E-state index is 0.0165. The number of methoxy groups -OCH3 is 1. The van der Waals surface area contributed by atoms with Gasteiger partial charge in [0.25, 0.3) is 11.6 Å². The molecule has 0 spiro atoms. The summed E-state index contributed by atoms with van der Waals surface area (Å²) in [5.41, 5.74) is 2.22. The third kappa shape index (κ3) is 5.39. The number of halogens is 1. The van der Waals surface area contributed by atoms with Crippen LogP contribution in [0.2, 0.25) is 5.02 Å². The minimum atomic E-state index is -0.451. The van der Waals surface area contributed by atoms with E-state index in [1.54, 1.807) is 30.3 Å². The number of hydrogen-bond donors (Lipinski definition) is 1. The number of thiocarbonyl (C=S) groups is 1. The molecule has 1 aliphatic heterocycles. The van der Waals surface area contributed by atoms with Crippen molar-refractivity contribution in [2.75, 3.05) is 38.2 Å². The van der Waals surface area contributed by atoms with E-state index in [2.05, 4.69) is 5.32 Å². The van der Waals surface area contributed by atoms with Gasteiger partial charge in [0.2, 0.25) is 0 Å². The fourth-order valence-electron chi connectivity index (χ4n) is 3.79. The number of nitro groups is 1. The summed E-state index contributed by atoms with van der Waals surface area (Å²) in [5, 5.41) is 15.1. The maximum absolute atomic E-state index is 12.7. The molecule has 3 aromatic rings. The van der Waals surface area contributed by atoms with E-state index in [0.717, 1.165) is 11.1 Å². The Morgan fingerprint density at radius 2 is 1.89 bits per heavy atom. The molecule has 0 bridgehead atoms. The molecule has 182 valence electrons. The number of benzene rings is 2. The number of hydrogen-bond acceptors (Lipinski definition) is 7. The molecule has 2 aromatic carbocycles. The molecule has 1 aliphatic rings. The Kier molecular flexibility index (Phi) is 7.23. The van der Waals surface area contributed by atoms with E-state index in [9.17, 15) is 14.9 Å². The number of nitrogens with zero attached hydrogens (tertiary/aromatic N) is 3. The lowest BCUT2D eigenvalue weighted by Crippen LogP contribution is -2.52. The molecule has 0 aliphatic carbocycles. The van der Waals surface area contributed by atoms with Gasteiger partial charge in [0.1, 0.15) is 17.2 Å². The third-order valence-corrected chi connectivity index (χ3v) is 6.56. The number of ether oxygens (including phenoxy) is 1. The summed E-state index contributed by atoms with van der Waals surface area (Å²) in [6, 6.07) is 13.6. The van der Waals surface area contributed by atoms with E-state index in [0.29, 0.717) is 48.4 Å². The minimum Gasteiger partial charge on any atom is -0.496 e. The van der Waals surface area contributed by atoms with E-state index in [1.165, 1.54) is 13.2 Å². The Hall–Kier alpha value is -3.63. The van der Waals surface area contributed by atoms with Gasteiger partial charge in [-0.3, -0.25) is 20.2 Å². The van der Waals surface area contributed by atoms with Crippen molar-refractivity contribution in [2.24, 2.45) is 0 Å². The van der Waals surface area contributed by atoms with Crippen molar-refractivity contribution < 1.29 is 18.9 Å². The van der Waals surface area contributed by atoms with Crippen LogP contribution >= 0.6 is 23.8 Å². The normalized spacial score (nSPS) is 13.5. The average molecular weight is 515 g/mol. The fourth-order valence-corrected chi connectivity index (χ4v) is 4.25. The number of piperazine rings is 1. The maximum Gasteiger partial charge on any atom is 0.296 e. The Bertz CT molecular complexity index is 1290. The van der Waals surface area contributed by atoms with Crippen LogP contribution in [0.4, 0.5) is 11.4 Å². The Labute approximate surface area is 212 Å². The van der Waals surface area contributed by atoms with Gasteiger partial charge in [-0.25, -0.2) is 0 Å². The van der Waals surface area contributed by atoms with Gasteiger partial charge >= 0.3 is 0 Å². The van der Waals surface area contributed by atoms with E-state index in [4.69, 9.17) is 33.0 Å². The van der Waals surface area contributed by atoms with Crippen molar-refractivity contribution in [3.8, 4) is 17.1 Å². The molecule has 1 aromatic heterocycles. The molecule has 1 saturated heterocycles. The molecule has 9 nitrogen and oxygen atoms in total. The molecule has 11 heteroatoms. The lowest BCUT2D eigenvalue weighted by Gasteiger charge is -2.36. The Balaban J connectivity index is 1.37. The summed E-state index contributed by atoms with van der Waals surface area (Å²) in [7, 11) is 1.47. The standard InChI is InChI=1S/C24H23ClN4O5S/c1-15-3-4-16(13-18(15)25)21-7-8-22(34-21)23(30)26-24(35)28-11-9-27(10-12-28)19-6-5-17(33-2)14-20(19)29(31)32/h3-8,13-14H,9-12H2,1-2H3,(H,26,30,35). The first-order chi connectivity index (χ1) is 16.8. The van der Waals surface area contributed by atoms with Gasteiger partial charge in [-0.05, 0) is 55.0 Å². The number of anilines is 1. The highest BCUT2D eigenvalue weighted by Crippen LogP contribution is 2.32. The Morgan fingerprint density at radius 1 is 1.14 bits per heavy atom. The highest BCUT2D eigenvalue weighted by atomic mass is 35.5. The number of rotatable bonds is 5. The van der Waals surface area contributed by atoms with Crippen LogP contribution in [0, 0.1) is 17.0 Å². The zero-order chi connectivity index (χ0) is 25.1. The predicted octanol–water partition coefficient (Wildman–Crippen LogP) is 4.66. The van der Waals surface area contributed by atoms with Crippen LogP contribution in [0.25, 0.3) is 11.3 Å². The van der Waals surface area contributed by atoms with Gasteiger partial charge in [-0.15, -0.1) is 0 Å². The molecular formula is C24H23ClN4O5S. The maximum atomic E-state index is 12.7. The van der Waals surface area contributed by atoms with Crippen molar-refractivity contribution in [3.05, 3.63) is 75.0 Å². The summed E-state index contributed by atoms with van der Waals surface area (Å²) in [5.74, 6) is 0.631. The number of furan rings is 1. The number of carbonyl (C=O) groups is 1. The summed E-state index contributed by atoms with van der Waals surface area (Å²) >= 11 is 11.6. The second-order valence-electron chi connectivity index (χ2n) is 7.97. The van der Waals surface area contributed by atoms with E-state index in [-0.39, 0.29) is 16.6 Å². The van der Waals surface area contributed by atoms with Crippen LogP contribution < -0.4 is 15.0 Å².